The molecule has 3 aliphatic heterocycles. The van der Waals surface area contributed by atoms with Crippen LogP contribution >= 0.6 is 12.2 Å². The predicted molar refractivity (Wildman–Crippen MR) is 106 cm³/mol. The topological polar surface area (TPSA) is 71.1 Å². The molecular formula is C18H25N3O4S2. The van der Waals surface area contributed by atoms with Gasteiger partial charge in [0.15, 0.2) is 10.9 Å². The first kappa shape index (κ1) is 19.1. The fourth-order valence-electron chi connectivity index (χ4n) is 3.83. The Morgan fingerprint density at radius 1 is 1.00 bits per heavy atom. The lowest BCUT2D eigenvalue weighted by molar-refractivity contribution is -0.180. The zero-order valence-corrected chi connectivity index (χ0v) is 16.9. The van der Waals surface area contributed by atoms with E-state index in [1.165, 1.54) is 0 Å². The van der Waals surface area contributed by atoms with Gasteiger partial charge in [0.05, 0.1) is 18.1 Å². The van der Waals surface area contributed by atoms with Crippen LogP contribution in [0.4, 0.5) is 5.69 Å². The zero-order chi connectivity index (χ0) is 18.9. The van der Waals surface area contributed by atoms with Crippen molar-refractivity contribution < 1.29 is 17.9 Å². The Balaban J connectivity index is 1.35. The average molecular weight is 412 g/mol. The number of rotatable bonds is 3. The van der Waals surface area contributed by atoms with Crippen LogP contribution in [0.25, 0.3) is 0 Å². The Morgan fingerprint density at radius 2 is 1.59 bits per heavy atom. The summed E-state index contributed by atoms with van der Waals surface area (Å²) in [5.41, 5.74) is 0.786. The summed E-state index contributed by atoms with van der Waals surface area (Å²) >= 11 is 5.52. The lowest BCUT2D eigenvalue weighted by Gasteiger charge is -2.38. The number of nitrogens with one attached hydrogen (secondary N) is 1. The van der Waals surface area contributed by atoms with Crippen molar-refractivity contribution in [2.24, 2.45) is 0 Å². The number of hydrogen-bond donors (Lipinski definition) is 1. The van der Waals surface area contributed by atoms with E-state index in [1.807, 2.05) is 0 Å². The van der Waals surface area contributed by atoms with Gasteiger partial charge in [-0.25, -0.2) is 8.42 Å². The van der Waals surface area contributed by atoms with Gasteiger partial charge in [-0.2, -0.15) is 4.31 Å². The Morgan fingerprint density at radius 3 is 2.19 bits per heavy atom. The first-order valence-electron chi connectivity index (χ1n) is 9.43. The molecule has 0 saturated carbocycles. The van der Waals surface area contributed by atoms with Crippen LogP contribution in [-0.4, -0.2) is 67.9 Å². The Bertz CT molecular complexity index is 775. The third-order valence-corrected chi connectivity index (χ3v) is 7.71. The first-order chi connectivity index (χ1) is 13.0. The van der Waals surface area contributed by atoms with E-state index in [9.17, 15) is 8.42 Å². The molecule has 4 rings (SSSR count). The molecule has 148 valence electrons. The third kappa shape index (κ3) is 3.97. The van der Waals surface area contributed by atoms with Crippen molar-refractivity contribution in [3.05, 3.63) is 24.3 Å². The first-order valence-corrected chi connectivity index (χ1v) is 11.3. The van der Waals surface area contributed by atoms with Gasteiger partial charge in [0, 0.05) is 44.7 Å². The number of nitrogens with zero attached hydrogens (tertiary/aromatic N) is 2. The maximum Gasteiger partial charge on any atom is 0.243 e. The molecule has 0 unspecified atom stereocenters. The number of thiocarbonyl (C=S) groups is 1. The standard InChI is InChI=1S/C18H25N3O4S2/c22-27(23,21-9-1-2-10-21)16-5-3-15(4-6-16)19-17(26)20-11-7-18(8-12-20)24-13-14-25-18/h3-6H,1-2,7-14H2,(H,19,26). The molecule has 0 aliphatic carbocycles. The number of sulfonamides is 1. The van der Waals surface area contributed by atoms with Crippen LogP contribution in [-0.2, 0) is 19.5 Å². The molecule has 1 aromatic rings. The van der Waals surface area contributed by atoms with Crippen LogP contribution in [0.15, 0.2) is 29.2 Å². The van der Waals surface area contributed by atoms with Gasteiger partial charge in [-0.05, 0) is 49.3 Å². The van der Waals surface area contributed by atoms with E-state index in [0.29, 0.717) is 36.3 Å². The quantitative estimate of drug-likeness (QED) is 0.763. The molecular weight excluding hydrogens is 386 g/mol. The summed E-state index contributed by atoms with van der Waals surface area (Å²) in [6, 6.07) is 6.82. The predicted octanol–water partition coefficient (Wildman–Crippen LogP) is 2.01. The largest absolute Gasteiger partial charge is 0.349 e. The number of anilines is 1. The monoisotopic (exact) mass is 411 g/mol. The van der Waals surface area contributed by atoms with Gasteiger partial charge < -0.3 is 19.7 Å². The molecule has 1 spiro atoms. The molecule has 0 atom stereocenters. The molecule has 3 fully saturated rings. The van der Waals surface area contributed by atoms with Crippen molar-refractivity contribution >= 4 is 33.0 Å². The van der Waals surface area contributed by atoms with Gasteiger partial charge >= 0.3 is 0 Å². The summed E-state index contributed by atoms with van der Waals surface area (Å²) in [7, 11) is -3.38. The molecule has 0 amide bonds. The molecule has 3 saturated heterocycles. The minimum absolute atomic E-state index is 0.330. The molecule has 9 heteroatoms. The average Bonchev–Trinajstić information content (AvgIpc) is 3.36. The Hall–Kier alpha value is -1.26. The van der Waals surface area contributed by atoms with E-state index in [0.717, 1.165) is 44.5 Å². The fourth-order valence-corrected chi connectivity index (χ4v) is 5.64. The van der Waals surface area contributed by atoms with E-state index >= 15 is 0 Å². The van der Waals surface area contributed by atoms with E-state index in [-0.39, 0.29) is 0 Å². The van der Waals surface area contributed by atoms with Gasteiger partial charge in [-0.1, -0.05) is 0 Å². The summed E-state index contributed by atoms with van der Waals surface area (Å²) in [6.07, 6.45) is 3.45. The summed E-state index contributed by atoms with van der Waals surface area (Å²) in [4.78, 5) is 2.43. The lowest BCUT2D eigenvalue weighted by atomic mass is 10.0. The third-order valence-electron chi connectivity index (χ3n) is 5.43. The number of likely N-dealkylation sites (tertiary alicyclic amines) is 1. The Labute approximate surface area is 165 Å². The van der Waals surface area contributed by atoms with Crippen LogP contribution in [0.1, 0.15) is 25.7 Å². The highest BCUT2D eigenvalue weighted by Crippen LogP contribution is 2.31. The second kappa shape index (κ2) is 7.63. The molecule has 7 nitrogen and oxygen atoms in total. The molecule has 3 aliphatic rings. The van der Waals surface area contributed by atoms with E-state index in [4.69, 9.17) is 21.7 Å². The van der Waals surface area contributed by atoms with Gasteiger partial charge in [0.2, 0.25) is 10.0 Å². The lowest BCUT2D eigenvalue weighted by Crippen LogP contribution is -2.48. The van der Waals surface area contributed by atoms with Gasteiger partial charge in [-0.15, -0.1) is 0 Å². The number of ether oxygens (including phenoxy) is 2. The molecule has 0 aromatic heterocycles. The van der Waals surface area contributed by atoms with E-state index in [2.05, 4.69) is 10.2 Å². The highest BCUT2D eigenvalue weighted by molar-refractivity contribution is 7.89. The summed E-state index contributed by atoms with van der Waals surface area (Å²) in [6.45, 7) is 4.08. The van der Waals surface area contributed by atoms with Gasteiger partial charge in [-0.3, -0.25) is 0 Å². The minimum Gasteiger partial charge on any atom is -0.349 e. The van der Waals surface area contributed by atoms with Crippen molar-refractivity contribution in [2.45, 2.75) is 36.4 Å². The van der Waals surface area contributed by atoms with Gasteiger partial charge in [0.1, 0.15) is 0 Å². The van der Waals surface area contributed by atoms with Crippen LogP contribution < -0.4 is 5.32 Å². The zero-order valence-electron chi connectivity index (χ0n) is 15.2. The van der Waals surface area contributed by atoms with Crippen molar-refractivity contribution in [2.75, 3.05) is 44.7 Å². The van der Waals surface area contributed by atoms with Crippen LogP contribution in [0.5, 0.6) is 0 Å². The summed E-state index contributed by atoms with van der Waals surface area (Å²) in [5, 5.41) is 3.84. The van der Waals surface area contributed by atoms with Gasteiger partial charge in [0.25, 0.3) is 0 Å². The number of hydrogen-bond acceptors (Lipinski definition) is 5. The van der Waals surface area contributed by atoms with Crippen molar-refractivity contribution in [3.8, 4) is 0 Å². The van der Waals surface area contributed by atoms with Crippen molar-refractivity contribution in [1.82, 2.24) is 9.21 Å². The molecule has 3 heterocycles. The van der Waals surface area contributed by atoms with Crippen LogP contribution in [0.2, 0.25) is 0 Å². The normalized spacial score (nSPS) is 23.0. The SMILES string of the molecule is O=S(=O)(c1ccc(NC(=S)N2CCC3(CC2)OCCO3)cc1)N1CCCC1. The summed E-state index contributed by atoms with van der Waals surface area (Å²) < 4.78 is 38.2. The number of piperidine rings is 1. The fraction of sp³-hybridized carbons (Fsp3) is 0.611. The molecule has 1 N–H and O–H groups in total. The maximum absolute atomic E-state index is 12.6. The van der Waals surface area contributed by atoms with Crippen molar-refractivity contribution in [3.63, 3.8) is 0 Å². The maximum atomic E-state index is 12.6. The number of benzene rings is 1. The smallest absolute Gasteiger partial charge is 0.243 e. The van der Waals surface area contributed by atoms with Crippen molar-refractivity contribution in [1.29, 1.82) is 0 Å². The Kier molecular flexibility index (Phi) is 5.39. The second-order valence-corrected chi connectivity index (χ2v) is 9.49. The minimum atomic E-state index is -3.38. The molecule has 0 bridgehead atoms. The van der Waals surface area contributed by atoms with Crippen LogP contribution in [0, 0.1) is 0 Å². The van der Waals surface area contributed by atoms with Crippen LogP contribution in [0.3, 0.4) is 0 Å². The summed E-state index contributed by atoms with van der Waals surface area (Å²) in [5.74, 6) is -0.419. The molecule has 1 aromatic carbocycles. The second-order valence-electron chi connectivity index (χ2n) is 7.16. The molecule has 27 heavy (non-hydrogen) atoms. The highest BCUT2D eigenvalue weighted by atomic mass is 32.2. The molecule has 0 radical (unpaired) electrons. The van der Waals surface area contributed by atoms with E-state index < -0.39 is 15.8 Å². The highest BCUT2D eigenvalue weighted by Gasteiger charge is 2.40. The van der Waals surface area contributed by atoms with E-state index in [1.54, 1.807) is 28.6 Å².